The molecule has 3 heteroatoms. The van der Waals surface area contributed by atoms with Crippen LogP contribution in [0.2, 0.25) is 0 Å². The van der Waals surface area contributed by atoms with E-state index in [1.54, 1.807) is 7.05 Å². The molecule has 78 valence electrons. The van der Waals surface area contributed by atoms with E-state index in [-0.39, 0.29) is 51.4 Å². The Morgan fingerprint density at radius 3 is 2.56 bits per heavy atom. The van der Waals surface area contributed by atoms with Gasteiger partial charge >= 0.3 is 51.4 Å². The molecule has 2 aromatic carbocycles. The van der Waals surface area contributed by atoms with Gasteiger partial charge < -0.3 is 5.32 Å². The normalized spacial score (nSPS) is 8.38. The molecule has 1 amide bonds. The minimum Gasteiger partial charge on any atom is -0.362 e. The van der Waals surface area contributed by atoms with Gasteiger partial charge in [-0.15, -0.1) is 16.8 Å². The first-order chi connectivity index (χ1) is 7.27. The van der Waals surface area contributed by atoms with Crippen LogP contribution in [0, 0.1) is 13.0 Å². The van der Waals surface area contributed by atoms with Crippen LogP contribution >= 0.6 is 0 Å². The van der Waals surface area contributed by atoms with Crippen molar-refractivity contribution < 1.29 is 56.2 Å². The van der Waals surface area contributed by atoms with Gasteiger partial charge in [0.15, 0.2) is 0 Å². The Bertz CT molecular complexity index is 443. The van der Waals surface area contributed by atoms with Gasteiger partial charge in [0.05, 0.1) is 0 Å². The topological polar surface area (TPSA) is 29.1 Å². The van der Waals surface area contributed by atoms with Crippen LogP contribution in [-0.4, -0.2) is 13.5 Å². The summed E-state index contributed by atoms with van der Waals surface area (Å²) in [7, 11) is 1.56. The number of aryl methyl sites for hydroxylation is 1. The van der Waals surface area contributed by atoms with Crippen LogP contribution in [0.4, 0.5) is 0 Å². The molecule has 2 nitrogen and oxygen atoms in total. The Hall–Kier alpha value is -0.194. The minimum absolute atomic E-state index is 0. The second-order valence-corrected chi connectivity index (χ2v) is 3.18. The summed E-state index contributed by atoms with van der Waals surface area (Å²) in [5.41, 5.74) is 1.31. The van der Waals surface area contributed by atoms with Crippen LogP contribution in [0.25, 0.3) is 10.8 Å². The maximum absolute atomic E-state index is 9.06. The van der Waals surface area contributed by atoms with E-state index in [0.717, 1.165) is 0 Å². The molecule has 0 aliphatic rings. The quantitative estimate of drug-likeness (QED) is 0.398. The molecule has 1 N–H and O–H groups in total. The Morgan fingerprint density at radius 2 is 1.94 bits per heavy atom. The Balaban J connectivity index is 0.000000397. The molecule has 0 bridgehead atoms. The predicted molar refractivity (Wildman–Crippen MR) is 62.6 cm³/mol. The van der Waals surface area contributed by atoms with Crippen molar-refractivity contribution in [1.29, 1.82) is 0 Å². The average Bonchev–Trinajstić information content (AvgIpc) is 2.29. The van der Waals surface area contributed by atoms with Crippen LogP contribution in [0.5, 0.6) is 0 Å². The molecule has 0 heterocycles. The van der Waals surface area contributed by atoms with Gasteiger partial charge in [0, 0.05) is 7.05 Å². The maximum Gasteiger partial charge on any atom is 1.00 e. The Labute approximate surface area is 139 Å². The monoisotopic (exact) mass is 239 g/mol. The number of nitrogens with one attached hydrogen (secondary N) is 1. The van der Waals surface area contributed by atoms with Crippen molar-refractivity contribution in [3.8, 4) is 0 Å². The molecule has 0 unspecified atom stereocenters. The summed E-state index contributed by atoms with van der Waals surface area (Å²) in [6, 6.07) is 15.5. The summed E-state index contributed by atoms with van der Waals surface area (Å²) < 4.78 is 0. The number of rotatable bonds is 1. The third kappa shape index (κ3) is 5.23. The SMILES string of the molecule is CNC=O.Cc1ccc2c[c-]ccc2c1.[K+]. The summed E-state index contributed by atoms with van der Waals surface area (Å²) in [5, 5.41) is 4.81. The predicted octanol–water partition coefficient (Wildman–Crippen LogP) is -0.685. The summed E-state index contributed by atoms with van der Waals surface area (Å²) in [5.74, 6) is 0. The summed E-state index contributed by atoms with van der Waals surface area (Å²) in [6.45, 7) is 2.11. The van der Waals surface area contributed by atoms with Gasteiger partial charge in [-0.25, -0.2) is 0 Å². The molecule has 16 heavy (non-hydrogen) atoms. The van der Waals surface area contributed by atoms with Gasteiger partial charge in [-0.1, -0.05) is 17.7 Å². The van der Waals surface area contributed by atoms with Crippen LogP contribution in [0.15, 0.2) is 36.4 Å². The largest absolute Gasteiger partial charge is 1.00 e. The Kier molecular flexibility index (Phi) is 8.79. The molecule has 0 atom stereocenters. The van der Waals surface area contributed by atoms with Crippen molar-refractivity contribution in [2.24, 2.45) is 0 Å². The first kappa shape index (κ1) is 15.8. The van der Waals surface area contributed by atoms with Crippen LogP contribution in [0.1, 0.15) is 5.56 Å². The first-order valence-corrected chi connectivity index (χ1v) is 4.75. The zero-order chi connectivity index (χ0) is 11.1. The number of carbonyl (C=O) groups excluding carboxylic acids is 1. The van der Waals surface area contributed by atoms with E-state index < -0.39 is 0 Å². The number of hydrogen-bond acceptors (Lipinski definition) is 1. The summed E-state index contributed by atoms with van der Waals surface area (Å²) in [6.07, 6.45) is 0.625. The van der Waals surface area contributed by atoms with Gasteiger partial charge in [-0.3, -0.25) is 4.79 Å². The van der Waals surface area contributed by atoms with Crippen molar-refractivity contribution in [2.75, 3.05) is 7.05 Å². The second-order valence-electron chi connectivity index (χ2n) is 3.18. The van der Waals surface area contributed by atoms with Crippen molar-refractivity contribution >= 4 is 17.2 Å². The molecule has 0 saturated carbocycles. The number of fused-ring (bicyclic) bond motifs is 1. The van der Waals surface area contributed by atoms with E-state index in [0.29, 0.717) is 6.41 Å². The zero-order valence-electron chi connectivity index (χ0n) is 9.95. The average molecular weight is 239 g/mol. The van der Waals surface area contributed by atoms with Crippen LogP contribution in [0.3, 0.4) is 0 Å². The molecule has 0 radical (unpaired) electrons. The fraction of sp³-hybridized carbons (Fsp3) is 0.154. The molecule has 0 fully saturated rings. The van der Waals surface area contributed by atoms with E-state index in [9.17, 15) is 0 Å². The maximum atomic E-state index is 9.06. The smallest absolute Gasteiger partial charge is 0.362 e. The molecule has 0 saturated heterocycles. The number of benzene rings is 2. The van der Waals surface area contributed by atoms with Gasteiger partial charge in [0.1, 0.15) is 0 Å². The molecular formula is C13H14KNO. The van der Waals surface area contributed by atoms with Crippen LogP contribution in [-0.2, 0) is 4.79 Å². The number of carbonyl (C=O) groups is 1. The van der Waals surface area contributed by atoms with Gasteiger partial charge in [-0.05, 0) is 6.92 Å². The number of amides is 1. The molecule has 0 aliphatic carbocycles. The van der Waals surface area contributed by atoms with Crippen LogP contribution < -0.4 is 56.7 Å². The van der Waals surface area contributed by atoms with E-state index in [1.807, 2.05) is 12.1 Å². The molecule has 2 aromatic rings. The minimum atomic E-state index is 0. The molecule has 0 aromatic heterocycles. The third-order valence-corrected chi connectivity index (χ3v) is 1.96. The molecular weight excluding hydrogens is 225 g/mol. The number of hydrogen-bond donors (Lipinski definition) is 1. The van der Waals surface area contributed by atoms with Crippen molar-refractivity contribution in [3.05, 3.63) is 48.0 Å². The van der Waals surface area contributed by atoms with Crippen molar-refractivity contribution in [2.45, 2.75) is 6.92 Å². The van der Waals surface area contributed by atoms with Gasteiger partial charge in [-0.2, -0.15) is 24.3 Å². The molecule has 2 rings (SSSR count). The zero-order valence-corrected chi connectivity index (χ0v) is 13.1. The third-order valence-electron chi connectivity index (χ3n) is 1.96. The second kappa shape index (κ2) is 8.90. The summed E-state index contributed by atoms with van der Waals surface area (Å²) >= 11 is 0. The standard InChI is InChI=1S/C11H9.C2H5NO.K/c1-9-6-7-10-4-2-3-5-11(10)8-9;1-3-2-4;/h3-8H,1H3;2H,1H3,(H,3,4);/q-1;;+1. The van der Waals surface area contributed by atoms with Gasteiger partial charge in [0.2, 0.25) is 6.41 Å². The summed E-state index contributed by atoms with van der Waals surface area (Å²) in [4.78, 5) is 9.06. The fourth-order valence-corrected chi connectivity index (χ4v) is 1.25. The van der Waals surface area contributed by atoms with E-state index in [1.165, 1.54) is 16.3 Å². The van der Waals surface area contributed by atoms with Crippen molar-refractivity contribution in [3.63, 3.8) is 0 Å². The fourth-order valence-electron chi connectivity index (χ4n) is 1.25. The van der Waals surface area contributed by atoms with E-state index >= 15 is 0 Å². The van der Waals surface area contributed by atoms with Gasteiger partial charge in [0.25, 0.3) is 0 Å². The van der Waals surface area contributed by atoms with Crippen molar-refractivity contribution in [1.82, 2.24) is 5.32 Å². The molecule has 0 aliphatic heterocycles. The first-order valence-electron chi connectivity index (χ1n) is 4.75. The Morgan fingerprint density at radius 1 is 1.25 bits per heavy atom. The molecule has 0 spiro atoms. The van der Waals surface area contributed by atoms with E-state index in [2.05, 4.69) is 42.6 Å². The van der Waals surface area contributed by atoms with E-state index in [4.69, 9.17) is 4.79 Å².